The number of hydrogen-bond donors (Lipinski definition) is 1. The molecule has 4 nitrogen and oxygen atoms in total. The third kappa shape index (κ3) is 6.87. The van der Waals surface area contributed by atoms with Crippen LogP contribution in [-0.2, 0) is 12.8 Å². The molecule has 0 aliphatic heterocycles. The highest BCUT2D eigenvalue weighted by molar-refractivity contribution is 5.47. The zero-order valence-corrected chi connectivity index (χ0v) is 16.0. The Kier molecular flexibility index (Phi) is 7.84. The number of unbranched alkanes of at least 4 members (excludes halogenated alkanes) is 1. The summed E-state index contributed by atoms with van der Waals surface area (Å²) in [5.41, 5.74) is 1.96. The second-order valence-corrected chi connectivity index (χ2v) is 6.22. The van der Waals surface area contributed by atoms with E-state index in [2.05, 4.69) is 4.74 Å². The zero-order chi connectivity index (χ0) is 20.6. The average molecular weight is 398 g/mol. The number of aryl methyl sites for hydroxylation is 2. The maximum atomic E-state index is 12.1. The lowest BCUT2D eigenvalue weighted by Crippen LogP contribution is -2.16. The molecule has 0 bridgehead atoms. The predicted octanol–water partition coefficient (Wildman–Crippen LogP) is 5.65. The molecule has 0 aromatic heterocycles. The van der Waals surface area contributed by atoms with Crippen LogP contribution in [0.15, 0.2) is 36.4 Å². The zero-order valence-electron chi connectivity index (χ0n) is 16.0. The van der Waals surface area contributed by atoms with Gasteiger partial charge in [-0.25, -0.2) is 0 Å². The van der Waals surface area contributed by atoms with Gasteiger partial charge in [0, 0.05) is 0 Å². The molecule has 2 aromatic rings. The van der Waals surface area contributed by atoms with Crippen molar-refractivity contribution in [3.05, 3.63) is 47.5 Å². The molecule has 2 rings (SSSR count). The largest absolute Gasteiger partial charge is 0.573 e. The average Bonchev–Trinajstić information content (AvgIpc) is 2.64. The van der Waals surface area contributed by atoms with Gasteiger partial charge in [0.05, 0.1) is 13.2 Å². The third-order valence-electron chi connectivity index (χ3n) is 4.10. The van der Waals surface area contributed by atoms with Crippen LogP contribution in [-0.4, -0.2) is 24.7 Å². The third-order valence-corrected chi connectivity index (χ3v) is 4.10. The molecule has 0 radical (unpaired) electrons. The Morgan fingerprint density at radius 1 is 0.821 bits per heavy atom. The monoisotopic (exact) mass is 398 g/mol. The Balaban J connectivity index is 1.74. The number of ether oxygens (including phenoxy) is 3. The number of aromatic hydroxyl groups is 1. The van der Waals surface area contributed by atoms with Crippen molar-refractivity contribution in [3.8, 4) is 23.0 Å². The Labute approximate surface area is 162 Å². The van der Waals surface area contributed by atoms with Crippen LogP contribution in [0.25, 0.3) is 0 Å². The molecular weight excluding hydrogens is 373 g/mol. The number of halogens is 3. The van der Waals surface area contributed by atoms with Crippen molar-refractivity contribution < 1.29 is 32.5 Å². The second-order valence-electron chi connectivity index (χ2n) is 6.22. The number of phenolic OH excluding ortho intramolecular Hbond substituents is 1. The fourth-order valence-electron chi connectivity index (χ4n) is 2.75. The molecule has 7 heteroatoms. The standard InChI is InChI=1S/C21H25F3O4/c1-3-15-13-17(25)14-16(4-2)20(15)27-12-6-5-11-26-18-7-9-19(10-8-18)28-21(22,23)24/h7-10,13-14,25H,3-6,11-12H2,1-2H3. The van der Waals surface area contributed by atoms with E-state index in [4.69, 9.17) is 9.47 Å². The minimum Gasteiger partial charge on any atom is -0.508 e. The van der Waals surface area contributed by atoms with E-state index in [-0.39, 0.29) is 11.5 Å². The smallest absolute Gasteiger partial charge is 0.508 e. The minimum atomic E-state index is -4.70. The Hall–Kier alpha value is -2.57. The predicted molar refractivity (Wildman–Crippen MR) is 100 cm³/mol. The first-order chi connectivity index (χ1) is 13.3. The lowest BCUT2D eigenvalue weighted by Gasteiger charge is -2.15. The molecule has 28 heavy (non-hydrogen) atoms. The maximum Gasteiger partial charge on any atom is 0.573 e. The van der Waals surface area contributed by atoms with E-state index < -0.39 is 6.36 Å². The van der Waals surface area contributed by atoms with Crippen molar-refractivity contribution in [2.24, 2.45) is 0 Å². The summed E-state index contributed by atoms with van der Waals surface area (Å²) < 4.78 is 51.6. The van der Waals surface area contributed by atoms with Gasteiger partial charge in [0.25, 0.3) is 0 Å². The molecule has 0 aliphatic carbocycles. The summed E-state index contributed by atoms with van der Waals surface area (Å²) in [4.78, 5) is 0. The SMILES string of the molecule is CCc1cc(O)cc(CC)c1OCCCCOc1ccc(OC(F)(F)F)cc1. The van der Waals surface area contributed by atoms with Crippen molar-refractivity contribution in [2.75, 3.05) is 13.2 Å². The number of hydrogen-bond acceptors (Lipinski definition) is 4. The van der Waals surface area contributed by atoms with Gasteiger partial charge >= 0.3 is 6.36 Å². The quantitative estimate of drug-likeness (QED) is 0.525. The van der Waals surface area contributed by atoms with Gasteiger partial charge in [0.1, 0.15) is 23.0 Å². The van der Waals surface area contributed by atoms with Gasteiger partial charge in [0.2, 0.25) is 0 Å². The number of benzene rings is 2. The molecule has 1 N–H and O–H groups in total. The summed E-state index contributed by atoms with van der Waals surface area (Å²) in [6, 6.07) is 8.77. The molecule has 0 amide bonds. The van der Waals surface area contributed by atoms with Crippen LogP contribution in [0, 0.1) is 0 Å². The van der Waals surface area contributed by atoms with E-state index in [1.165, 1.54) is 24.3 Å². The van der Waals surface area contributed by atoms with E-state index in [1.54, 1.807) is 12.1 Å². The molecule has 0 unspecified atom stereocenters. The van der Waals surface area contributed by atoms with Crippen molar-refractivity contribution in [1.82, 2.24) is 0 Å². The minimum absolute atomic E-state index is 0.251. The maximum absolute atomic E-state index is 12.1. The topological polar surface area (TPSA) is 47.9 Å². The summed E-state index contributed by atoms with van der Waals surface area (Å²) in [5, 5.41) is 9.77. The molecule has 2 aromatic carbocycles. The number of rotatable bonds is 10. The van der Waals surface area contributed by atoms with Crippen molar-refractivity contribution in [2.45, 2.75) is 45.9 Å². The first-order valence-corrected chi connectivity index (χ1v) is 9.28. The van der Waals surface area contributed by atoms with Crippen molar-refractivity contribution in [3.63, 3.8) is 0 Å². The summed E-state index contributed by atoms with van der Waals surface area (Å²) >= 11 is 0. The van der Waals surface area contributed by atoms with Gasteiger partial charge in [0.15, 0.2) is 0 Å². The highest BCUT2D eigenvalue weighted by Crippen LogP contribution is 2.30. The van der Waals surface area contributed by atoms with Gasteiger partial charge in [-0.15, -0.1) is 13.2 Å². The molecule has 0 fully saturated rings. The van der Waals surface area contributed by atoms with E-state index >= 15 is 0 Å². The highest BCUT2D eigenvalue weighted by Gasteiger charge is 2.30. The molecule has 0 aliphatic rings. The van der Waals surface area contributed by atoms with Gasteiger partial charge in [-0.3, -0.25) is 0 Å². The summed E-state index contributed by atoms with van der Waals surface area (Å²) in [6.45, 7) is 4.98. The summed E-state index contributed by atoms with van der Waals surface area (Å²) in [7, 11) is 0. The van der Waals surface area contributed by atoms with Crippen LogP contribution in [0.5, 0.6) is 23.0 Å². The van der Waals surface area contributed by atoms with Crippen LogP contribution < -0.4 is 14.2 Å². The first kappa shape index (κ1) is 21.7. The Morgan fingerprint density at radius 3 is 1.82 bits per heavy atom. The molecule has 0 saturated carbocycles. The molecule has 0 heterocycles. The van der Waals surface area contributed by atoms with E-state index in [1.807, 2.05) is 13.8 Å². The molecule has 0 saturated heterocycles. The summed E-state index contributed by atoms with van der Waals surface area (Å²) in [6.07, 6.45) is -1.65. The van der Waals surface area contributed by atoms with E-state index in [0.717, 1.165) is 42.6 Å². The van der Waals surface area contributed by atoms with Gasteiger partial charge < -0.3 is 19.3 Å². The van der Waals surface area contributed by atoms with Crippen LogP contribution in [0.3, 0.4) is 0 Å². The van der Waals surface area contributed by atoms with E-state index in [9.17, 15) is 18.3 Å². The van der Waals surface area contributed by atoms with Crippen LogP contribution in [0.2, 0.25) is 0 Å². The van der Waals surface area contributed by atoms with E-state index in [0.29, 0.717) is 19.0 Å². The molecular formula is C21H25F3O4. The van der Waals surface area contributed by atoms with Crippen molar-refractivity contribution in [1.29, 1.82) is 0 Å². The van der Waals surface area contributed by atoms with Gasteiger partial charge in [-0.1, -0.05) is 13.8 Å². The summed E-state index contributed by atoms with van der Waals surface area (Å²) in [5.74, 6) is 1.29. The van der Waals surface area contributed by atoms with Crippen LogP contribution >= 0.6 is 0 Å². The molecule has 154 valence electrons. The molecule has 0 atom stereocenters. The lowest BCUT2D eigenvalue weighted by molar-refractivity contribution is -0.274. The fourth-order valence-corrected chi connectivity index (χ4v) is 2.75. The first-order valence-electron chi connectivity index (χ1n) is 9.28. The van der Waals surface area contributed by atoms with Gasteiger partial charge in [-0.05, 0) is 73.2 Å². The van der Waals surface area contributed by atoms with Crippen LogP contribution in [0.4, 0.5) is 13.2 Å². The Morgan fingerprint density at radius 2 is 1.32 bits per heavy atom. The normalized spacial score (nSPS) is 11.3. The van der Waals surface area contributed by atoms with Gasteiger partial charge in [-0.2, -0.15) is 0 Å². The fraction of sp³-hybridized carbons (Fsp3) is 0.429. The molecule has 0 spiro atoms. The lowest BCUT2D eigenvalue weighted by atomic mass is 10.0. The second kappa shape index (κ2) is 10.1. The van der Waals surface area contributed by atoms with Crippen molar-refractivity contribution >= 4 is 0 Å². The number of alkyl halides is 3. The highest BCUT2D eigenvalue weighted by atomic mass is 19.4. The Bertz CT molecular complexity index is 717. The van der Waals surface area contributed by atoms with Crippen LogP contribution in [0.1, 0.15) is 37.8 Å². The number of phenols is 1.